The lowest BCUT2D eigenvalue weighted by molar-refractivity contribution is -0.124. The molecule has 1 aromatic carbocycles. The van der Waals surface area contributed by atoms with Gasteiger partial charge in [0, 0.05) is 24.0 Å². The number of imidazole rings is 1. The summed E-state index contributed by atoms with van der Waals surface area (Å²) < 4.78 is 1.89. The van der Waals surface area contributed by atoms with Crippen LogP contribution in [0, 0.1) is 5.41 Å². The predicted molar refractivity (Wildman–Crippen MR) is 122 cm³/mol. The van der Waals surface area contributed by atoms with Gasteiger partial charge in [-0.05, 0) is 41.8 Å². The van der Waals surface area contributed by atoms with E-state index in [9.17, 15) is 9.59 Å². The average molecular weight is 427 g/mol. The largest absolute Gasteiger partial charge is 0.347 e. The molecule has 30 heavy (non-hydrogen) atoms. The van der Waals surface area contributed by atoms with Gasteiger partial charge in [-0.2, -0.15) is 0 Å². The molecule has 6 nitrogen and oxygen atoms in total. The highest BCUT2D eigenvalue weighted by molar-refractivity contribution is 7.10. The van der Waals surface area contributed by atoms with Gasteiger partial charge < -0.3 is 10.3 Å². The molecule has 0 saturated carbocycles. The second-order valence-corrected chi connectivity index (χ2v) is 10.2. The van der Waals surface area contributed by atoms with Crippen LogP contribution in [0.1, 0.15) is 50.6 Å². The van der Waals surface area contributed by atoms with Gasteiger partial charge in [-0.1, -0.05) is 39.0 Å². The van der Waals surface area contributed by atoms with Gasteiger partial charge in [0.1, 0.15) is 0 Å². The minimum atomic E-state index is -0.0516. The molecule has 1 fully saturated rings. The van der Waals surface area contributed by atoms with Crippen molar-refractivity contribution in [2.75, 3.05) is 19.6 Å². The van der Waals surface area contributed by atoms with Gasteiger partial charge in [0.25, 0.3) is 0 Å². The summed E-state index contributed by atoms with van der Waals surface area (Å²) in [7, 11) is 0. The molecule has 0 aliphatic carbocycles. The number of para-hydroxylation sites is 2. The number of hydrogen-bond donors (Lipinski definition) is 2. The maximum atomic E-state index is 12.8. The fraction of sp³-hybridized carbons (Fsp3) is 0.478. The molecule has 160 valence electrons. The van der Waals surface area contributed by atoms with Gasteiger partial charge in [-0.25, -0.2) is 4.79 Å². The molecular formula is C23H30N4O2S. The van der Waals surface area contributed by atoms with Crippen LogP contribution in [0.3, 0.4) is 0 Å². The number of aromatic amines is 1. The summed E-state index contributed by atoms with van der Waals surface area (Å²) in [6, 6.07) is 12.1. The second kappa shape index (κ2) is 8.40. The number of benzene rings is 1. The normalized spacial score (nSPS) is 17.3. The molecular weight excluding hydrogens is 396 g/mol. The van der Waals surface area contributed by atoms with Crippen LogP contribution in [0.15, 0.2) is 46.6 Å². The fourth-order valence-electron chi connectivity index (χ4n) is 4.35. The smallest absolute Gasteiger partial charge is 0.326 e. The summed E-state index contributed by atoms with van der Waals surface area (Å²) in [5, 5.41) is 5.30. The van der Waals surface area contributed by atoms with Crippen molar-refractivity contribution < 1.29 is 4.79 Å². The fourth-order valence-corrected chi connectivity index (χ4v) is 5.37. The molecule has 2 aromatic heterocycles. The van der Waals surface area contributed by atoms with E-state index >= 15 is 0 Å². The maximum Gasteiger partial charge on any atom is 0.326 e. The second-order valence-electron chi connectivity index (χ2n) is 9.21. The van der Waals surface area contributed by atoms with E-state index < -0.39 is 0 Å². The summed E-state index contributed by atoms with van der Waals surface area (Å²) in [6.45, 7) is 8.48. The van der Waals surface area contributed by atoms with E-state index in [-0.39, 0.29) is 29.1 Å². The van der Waals surface area contributed by atoms with Crippen LogP contribution in [0.25, 0.3) is 11.0 Å². The number of nitrogens with zero attached hydrogens (tertiary/aromatic N) is 2. The summed E-state index contributed by atoms with van der Waals surface area (Å²) in [6.07, 6.45) is 1.73. The van der Waals surface area contributed by atoms with Crippen LogP contribution in [-0.2, 0) is 4.79 Å². The highest BCUT2D eigenvalue weighted by Crippen LogP contribution is 2.35. The van der Waals surface area contributed by atoms with Crippen molar-refractivity contribution in [3.05, 3.63) is 57.1 Å². The molecule has 1 unspecified atom stereocenters. The summed E-state index contributed by atoms with van der Waals surface area (Å²) in [5.41, 5.74) is 1.74. The van der Waals surface area contributed by atoms with E-state index in [4.69, 9.17) is 0 Å². The van der Waals surface area contributed by atoms with Gasteiger partial charge in [0.15, 0.2) is 0 Å². The van der Waals surface area contributed by atoms with Crippen LogP contribution in [0.5, 0.6) is 0 Å². The number of H-pyrrole nitrogens is 1. The van der Waals surface area contributed by atoms with Crippen LogP contribution < -0.4 is 11.0 Å². The summed E-state index contributed by atoms with van der Waals surface area (Å²) >= 11 is 1.68. The molecule has 7 heteroatoms. The number of carbonyl (C=O) groups is 1. The van der Waals surface area contributed by atoms with Gasteiger partial charge >= 0.3 is 5.69 Å². The third-order valence-corrected chi connectivity index (χ3v) is 6.85. The molecule has 0 spiro atoms. The zero-order chi connectivity index (χ0) is 21.3. The quantitative estimate of drug-likeness (QED) is 0.649. The number of hydrogen-bond acceptors (Lipinski definition) is 4. The number of aromatic nitrogens is 2. The van der Waals surface area contributed by atoms with Crippen molar-refractivity contribution in [2.24, 2.45) is 5.41 Å². The van der Waals surface area contributed by atoms with E-state index in [0.717, 1.165) is 37.0 Å². The van der Waals surface area contributed by atoms with Gasteiger partial charge in [-0.15, -0.1) is 11.3 Å². The van der Waals surface area contributed by atoms with Crippen LogP contribution in [-0.4, -0.2) is 40.0 Å². The SMILES string of the molecule is CC(C)(C)C(NC(=O)CN1CCC(n2c(=O)[nH]c3ccccc32)CC1)c1cccs1. The lowest BCUT2D eigenvalue weighted by atomic mass is 9.85. The van der Waals surface area contributed by atoms with Gasteiger partial charge in [0.2, 0.25) is 5.91 Å². The first-order chi connectivity index (χ1) is 14.3. The topological polar surface area (TPSA) is 70.1 Å². The number of amides is 1. The Kier molecular flexibility index (Phi) is 5.84. The zero-order valence-corrected chi connectivity index (χ0v) is 18.7. The number of fused-ring (bicyclic) bond motifs is 1. The first-order valence-corrected chi connectivity index (χ1v) is 11.5. The number of piperidine rings is 1. The molecule has 1 amide bonds. The Morgan fingerprint density at radius 1 is 1.20 bits per heavy atom. The number of likely N-dealkylation sites (tertiary alicyclic amines) is 1. The van der Waals surface area contributed by atoms with Crippen molar-refractivity contribution in [1.82, 2.24) is 19.8 Å². The van der Waals surface area contributed by atoms with Crippen molar-refractivity contribution in [3.63, 3.8) is 0 Å². The standard InChI is InChI=1S/C23H30N4O2S/c1-23(2,3)21(19-9-6-14-30-19)25-20(28)15-26-12-10-16(11-13-26)27-18-8-5-4-7-17(18)24-22(27)29/h4-9,14,16,21H,10-13,15H2,1-3H3,(H,24,29)(H,25,28). The third kappa shape index (κ3) is 4.37. The van der Waals surface area contributed by atoms with Crippen molar-refractivity contribution in [1.29, 1.82) is 0 Å². The molecule has 2 N–H and O–H groups in total. The van der Waals surface area contributed by atoms with Crippen molar-refractivity contribution in [3.8, 4) is 0 Å². The minimum Gasteiger partial charge on any atom is -0.347 e. The molecule has 0 bridgehead atoms. The number of carbonyl (C=O) groups excluding carboxylic acids is 1. The molecule has 3 aromatic rings. The van der Waals surface area contributed by atoms with Crippen LogP contribution >= 0.6 is 11.3 Å². The van der Waals surface area contributed by atoms with E-state index in [1.165, 1.54) is 4.88 Å². The Labute approximate surface area is 180 Å². The maximum absolute atomic E-state index is 12.8. The van der Waals surface area contributed by atoms with E-state index in [2.05, 4.69) is 47.4 Å². The highest BCUT2D eigenvalue weighted by Gasteiger charge is 2.30. The Balaban J connectivity index is 1.37. The van der Waals surface area contributed by atoms with Crippen molar-refractivity contribution >= 4 is 28.3 Å². The van der Waals surface area contributed by atoms with E-state index in [1.807, 2.05) is 34.9 Å². The Hall–Kier alpha value is -2.38. The highest BCUT2D eigenvalue weighted by atomic mass is 32.1. The number of thiophene rings is 1. The molecule has 4 rings (SSSR count). The average Bonchev–Trinajstić information content (AvgIpc) is 3.33. The first kappa shape index (κ1) is 20.9. The Morgan fingerprint density at radius 2 is 1.93 bits per heavy atom. The van der Waals surface area contributed by atoms with E-state index in [0.29, 0.717) is 6.54 Å². The Bertz CT molecular complexity index is 1050. The van der Waals surface area contributed by atoms with Crippen LogP contribution in [0.4, 0.5) is 0 Å². The molecule has 1 saturated heterocycles. The first-order valence-electron chi connectivity index (χ1n) is 10.6. The Morgan fingerprint density at radius 3 is 2.60 bits per heavy atom. The van der Waals surface area contributed by atoms with Crippen LogP contribution in [0.2, 0.25) is 0 Å². The molecule has 3 heterocycles. The molecule has 1 aliphatic rings. The molecule has 0 radical (unpaired) electrons. The molecule has 1 atom stereocenters. The lowest BCUT2D eigenvalue weighted by Gasteiger charge is -2.34. The monoisotopic (exact) mass is 426 g/mol. The molecule has 1 aliphatic heterocycles. The minimum absolute atomic E-state index is 0.00679. The van der Waals surface area contributed by atoms with Gasteiger partial charge in [-0.3, -0.25) is 14.3 Å². The van der Waals surface area contributed by atoms with Crippen molar-refractivity contribution in [2.45, 2.75) is 45.7 Å². The predicted octanol–water partition coefficient (Wildman–Crippen LogP) is 3.93. The zero-order valence-electron chi connectivity index (χ0n) is 17.9. The third-order valence-electron chi connectivity index (χ3n) is 5.91. The van der Waals surface area contributed by atoms with E-state index in [1.54, 1.807) is 11.3 Å². The summed E-state index contributed by atoms with van der Waals surface area (Å²) in [4.78, 5) is 31.6. The summed E-state index contributed by atoms with van der Waals surface area (Å²) in [5.74, 6) is 0.0611. The lowest BCUT2D eigenvalue weighted by Crippen LogP contribution is -2.45. The number of rotatable bonds is 5. The van der Waals surface area contributed by atoms with Gasteiger partial charge in [0.05, 0.1) is 23.6 Å². The number of nitrogens with one attached hydrogen (secondary N) is 2.